The molecule has 2 unspecified atom stereocenters. The van der Waals surface area contributed by atoms with Crippen LogP contribution in [0.1, 0.15) is 36.5 Å². The number of rotatable bonds is 5. The maximum Gasteiger partial charge on any atom is 0.223 e. The number of morpholine rings is 1. The molecule has 1 aliphatic heterocycles. The molecule has 1 amide bonds. The molecule has 0 aliphatic carbocycles. The summed E-state index contributed by atoms with van der Waals surface area (Å²) in [5, 5.41) is 0.700. The zero-order valence-corrected chi connectivity index (χ0v) is 15.9. The monoisotopic (exact) mass is 373 g/mol. The molecule has 1 saturated heterocycles. The Morgan fingerprint density at radius 2 is 1.92 bits per heavy atom. The maximum atomic E-state index is 12.8. The minimum absolute atomic E-state index is 0.0961. The highest BCUT2D eigenvalue weighted by atomic mass is 35.5. The van der Waals surface area contributed by atoms with Gasteiger partial charge in [-0.15, -0.1) is 0 Å². The molecule has 1 heterocycles. The number of carbonyl (C=O) groups excluding carboxylic acids is 1. The summed E-state index contributed by atoms with van der Waals surface area (Å²) in [6, 6.07) is 15.5. The molecule has 0 N–H and O–H groups in total. The lowest BCUT2D eigenvalue weighted by atomic mass is 9.96. The van der Waals surface area contributed by atoms with E-state index in [1.807, 2.05) is 53.4 Å². The first kappa shape index (κ1) is 18.7. The van der Waals surface area contributed by atoms with Crippen LogP contribution in [0, 0.1) is 0 Å². The fourth-order valence-electron chi connectivity index (χ4n) is 3.20. The Bertz CT molecular complexity index is 730. The predicted molar refractivity (Wildman–Crippen MR) is 103 cm³/mol. The Labute approximate surface area is 159 Å². The zero-order chi connectivity index (χ0) is 18.5. The average Bonchev–Trinajstić information content (AvgIpc) is 2.68. The van der Waals surface area contributed by atoms with Gasteiger partial charge in [0.05, 0.1) is 20.3 Å². The van der Waals surface area contributed by atoms with Crippen LogP contribution >= 0.6 is 11.6 Å². The number of nitrogens with zero attached hydrogens (tertiary/aromatic N) is 1. The predicted octanol–water partition coefficient (Wildman–Crippen LogP) is 4.44. The molecule has 3 rings (SSSR count). The van der Waals surface area contributed by atoms with E-state index < -0.39 is 0 Å². The minimum Gasteiger partial charge on any atom is -0.497 e. The van der Waals surface area contributed by atoms with Crippen molar-refractivity contribution >= 4 is 17.5 Å². The molecule has 0 bridgehead atoms. The lowest BCUT2D eigenvalue weighted by Gasteiger charge is -2.34. The summed E-state index contributed by atoms with van der Waals surface area (Å²) in [5.41, 5.74) is 2.19. The summed E-state index contributed by atoms with van der Waals surface area (Å²) in [5.74, 6) is 1.15. The molecular formula is C21H24ClNO3. The van der Waals surface area contributed by atoms with Crippen molar-refractivity contribution in [3.05, 3.63) is 64.7 Å². The van der Waals surface area contributed by atoms with Gasteiger partial charge in [0.2, 0.25) is 5.91 Å². The SMILES string of the molecule is COc1ccc(C(C)CC(=O)N2CCOC(c3ccc(Cl)cc3)C2)cc1. The van der Waals surface area contributed by atoms with E-state index in [2.05, 4.69) is 6.92 Å². The zero-order valence-electron chi connectivity index (χ0n) is 15.2. The molecule has 2 aromatic carbocycles. The maximum absolute atomic E-state index is 12.8. The lowest BCUT2D eigenvalue weighted by Crippen LogP contribution is -2.42. The highest BCUT2D eigenvalue weighted by molar-refractivity contribution is 6.30. The largest absolute Gasteiger partial charge is 0.497 e. The number of carbonyl (C=O) groups is 1. The molecule has 26 heavy (non-hydrogen) atoms. The second-order valence-corrected chi connectivity index (χ2v) is 7.07. The molecular weight excluding hydrogens is 350 g/mol. The van der Waals surface area contributed by atoms with Crippen molar-refractivity contribution in [1.29, 1.82) is 0 Å². The van der Waals surface area contributed by atoms with E-state index in [-0.39, 0.29) is 17.9 Å². The van der Waals surface area contributed by atoms with Gasteiger partial charge in [-0.2, -0.15) is 0 Å². The summed E-state index contributed by atoms with van der Waals surface area (Å²) in [6.45, 7) is 3.85. The van der Waals surface area contributed by atoms with Crippen LogP contribution in [0.25, 0.3) is 0 Å². The van der Waals surface area contributed by atoms with E-state index in [1.165, 1.54) is 0 Å². The second kappa shape index (κ2) is 8.56. The fourth-order valence-corrected chi connectivity index (χ4v) is 3.32. The Balaban J connectivity index is 1.60. The molecule has 0 aromatic heterocycles. The smallest absolute Gasteiger partial charge is 0.223 e. The van der Waals surface area contributed by atoms with Crippen LogP contribution < -0.4 is 4.74 Å². The summed E-state index contributed by atoms with van der Waals surface area (Å²) in [6.07, 6.45) is 0.390. The van der Waals surface area contributed by atoms with E-state index in [0.29, 0.717) is 31.1 Å². The molecule has 1 fully saturated rings. The van der Waals surface area contributed by atoms with E-state index in [0.717, 1.165) is 16.9 Å². The standard InChI is InChI=1S/C21H24ClNO3/c1-15(16-5-9-19(25-2)10-6-16)13-21(24)23-11-12-26-20(14-23)17-3-7-18(22)8-4-17/h3-10,15,20H,11-14H2,1-2H3. The van der Waals surface area contributed by atoms with Crippen molar-refractivity contribution in [1.82, 2.24) is 4.90 Å². The molecule has 1 aliphatic rings. The number of hydrogen-bond donors (Lipinski definition) is 0. The van der Waals surface area contributed by atoms with Crippen molar-refractivity contribution in [2.24, 2.45) is 0 Å². The fraction of sp³-hybridized carbons (Fsp3) is 0.381. The van der Waals surface area contributed by atoms with Crippen molar-refractivity contribution < 1.29 is 14.3 Å². The topological polar surface area (TPSA) is 38.8 Å². The molecule has 2 aromatic rings. The first-order valence-corrected chi connectivity index (χ1v) is 9.23. The average molecular weight is 374 g/mol. The Kier molecular flexibility index (Phi) is 6.17. The number of halogens is 1. The van der Waals surface area contributed by atoms with Crippen molar-refractivity contribution in [3.8, 4) is 5.75 Å². The first-order valence-electron chi connectivity index (χ1n) is 8.85. The summed E-state index contributed by atoms with van der Waals surface area (Å²) in [4.78, 5) is 14.7. The molecule has 5 heteroatoms. The molecule has 4 nitrogen and oxygen atoms in total. The van der Waals surface area contributed by atoms with Gasteiger partial charge < -0.3 is 14.4 Å². The normalized spacial score (nSPS) is 18.4. The number of hydrogen-bond acceptors (Lipinski definition) is 3. The van der Waals surface area contributed by atoms with E-state index in [1.54, 1.807) is 7.11 Å². The third-order valence-corrected chi connectivity index (χ3v) is 5.08. The Morgan fingerprint density at radius 1 is 1.23 bits per heavy atom. The molecule has 138 valence electrons. The van der Waals surface area contributed by atoms with Gasteiger partial charge >= 0.3 is 0 Å². The highest BCUT2D eigenvalue weighted by Gasteiger charge is 2.26. The van der Waals surface area contributed by atoms with Gasteiger partial charge in [0.15, 0.2) is 0 Å². The molecule has 0 radical (unpaired) electrons. The third-order valence-electron chi connectivity index (χ3n) is 4.83. The summed E-state index contributed by atoms with van der Waals surface area (Å²) < 4.78 is 11.0. The van der Waals surface area contributed by atoms with Gasteiger partial charge in [0.25, 0.3) is 0 Å². The molecule has 0 saturated carbocycles. The highest BCUT2D eigenvalue weighted by Crippen LogP contribution is 2.26. The minimum atomic E-state index is -0.0961. The Hall–Kier alpha value is -2.04. The van der Waals surface area contributed by atoms with Gasteiger partial charge in [0.1, 0.15) is 11.9 Å². The van der Waals surface area contributed by atoms with Crippen LogP contribution in [0.15, 0.2) is 48.5 Å². The van der Waals surface area contributed by atoms with E-state index in [4.69, 9.17) is 21.1 Å². The van der Waals surface area contributed by atoms with Gasteiger partial charge in [0, 0.05) is 18.0 Å². The van der Waals surface area contributed by atoms with Gasteiger partial charge in [-0.3, -0.25) is 4.79 Å². The van der Waals surface area contributed by atoms with Crippen LogP contribution in [0.3, 0.4) is 0 Å². The van der Waals surface area contributed by atoms with Crippen molar-refractivity contribution in [2.75, 3.05) is 26.8 Å². The van der Waals surface area contributed by atoms with Crippen LogP contribution in [0.5, 0.6) is 5.75 Å². The third kappa shape index (κ3) is 4.57. The Morgan fingerprint density at radius 3 is 2.58 bits per heavy atom. The molecule has 0 spiro atoms. The quantitative estimate of drug-likeness (QED) is 0.777. The van der Waals surface area contributed by atoms with Crippen molar-refractivity contribution in [3.63, 3.8) is 0 Å². The lowest BCUT2D eigenvalue weighted by molar-refractivity contribution is -0.139. The van der Waals surface area contributed by atoms with Gasteiger partial charge in [-0.1, -0.05) is 42.8 Å². The van der Waals surface area contributed by atoms with Crippen LogP contribution in [0.2, 0.25) is 5.02 Å². The van der Waals surface area contributed by atoms with Gasteiger partial charge in [-0.05, 0) is 41.3 Å². The number of amides is 1. The van der Waals surface area contributed by atoms with Crippen LogP contribution in [-0.2, 0) is 9.53 Å². The van der Waals surface area contributed by atoms with E-state index >= 15 is 0 Å². The summed E-state index contributed by atoms with van der Waals surface area (Å²) >= 11 is 5.95. The second-order valence-electron chi connectivity index (χ2n) is 6.63. The van der Waals surface area contributed by atoms with Crippen LogP contribution in [0.4, 0.5) is 0 Å². The number of benzene rings is 2. The molecule has 2 atom stereocenters. The van der Waals surface area contributed by atoms with Gasteiger partial charge in [-0.25, -0.2) is 0 Å². The van der Waals surface area contributed by atoms with Crippen LogP contribution in [-0.4, -0.2) is 37.6 Å². The number of ether oxygens (including phenoxy) is 2. The number of methoxy groups -OCH3 is 1. The first-order chi connectivity index (χ1) is 12.6. The summed E-state index contributed by atoms with van der Waals surface area (Å²) in [7, 11) is 1.65. The van der Waals surface area contributed by atoms with E-state index in [9.17, 15) is 4.79 Å². The van der Waals surface area contributed by atoms with Crippen molar-refractivity contribution in [2.45, 2.75) is 25.4 Å².